The fraction of sp³-hybridized carbons (Fsp3) is 0.0909. The van der Waals surface area contributed by atoms with Crippen LogP contribution in [0.2, 0.25) is 0 Å². The lowest BCUT2D eigenvalue weighted by molar-refractivity contribution is -0.113. The van der Waals surface area contributed by atoms with E-state index in [1.165, 1.54) is 6.26 Å². The summed E-state index contributed by atoms with van der Waals surface area (Å²) in [5.74, 6) is 0.172. The van der Waals surface area contributed by atoms with E-state index < -0.39 is 0 Å². The maximum atomic E-state index is 12.6. The van der Waals surface area contributed by atoms with Crippen LogP contribution in [-0.4, -0.2) is 27.8 Å². The Morgan fingerprint density at radius 3 is 2.55 bits per heavy atom. The first-order valence-corrected chi connectivity index (χ1v) is 10.4. The van der Waals surface area contributed by atoms with Crippen molar-refractivity contribution in [2.75, 3.05) is 11.1 Å². The van der Waals surface area contributed by atoms with Crippen molar-refractivity contribution in [1.82, 2.24) is 15.5 Å². The second-order valence-electron chi connectivity index (χ2n) is 6.40. The van der Waals surface area contributed by atoms with Crippen LogP contribution >= 0.6 is 11.8 Å². The third-order valence-corrected chi connectivity index (χ3v) is 5.03. The molecule has 0 aliphatic carbocycles. The molecule has 9 heteroatoms. The van der Waals surface area contributed by atoms with Crippen LogP contribution in [0.5, 0.6) is 0 Å². The van der Waals surface area contributed by atoms with Crippen molar-refractivity contribution in [3.05, 3.63) is 84.1 Å². The van der Waals surface area contributed by atoms with Crippen LogP contribution < -0.4 is 10.6 Å². The maximum absolute atomic E-state index is 12.6. The molecule has 0 saturated carbocycles. The first-order chi connectivity index (χ1) is 15.2. The highest BCUT2D eigenvalue weighted by Crippen LogP contribution is 2.23. The van der Waals surface area contributed by atoms with Crippen molar-refractivity contribution >= 4 is 29.3 Å². The molecular weight excluding hydrogens is 416 g/mol. The monoisotopic (exact) mass is 434 g/mol. The SMILES string of the molecule is O=C(CSc1nnc(-c2ccco2)o1)Nc1ccccc1C(=O)NCc1ccccc1. The van der Waals surface area contributed by atoms with Crippen LogP contribution in [0, 0.1) is 0 Å². The Balaban J connectivity index is 1.33. The highest BCUT2D eigenvalue weighted by atomic mass is 32.2. The molecule has 0 aliphatic rings. The molecule has 156 valence electrons. The van der Waals surface area contributed by atoms with Crippen molar-refractivity contribution in [2.45, 2.75) is 11.8 Å². The third kappa shape index (κ3) is 5.40. The van der Waals surface area contributed by atoms with Crippen molar-refractivity contribution in [2.24, 2.45) is 0 Å². The number of benzene rings is 2. The van der Waals surface area contributed by atoms with E-state index in [0.29, 0.717) is 23.6 Å². The lowest BCUT2D eigenvalue weighted by Gasteiger charge is -2.11. The summed E-state index contributed by atoms with van der Waals surface area (Å²) in [6.07, 6.45) is 1.51. The second kappa shape index (κ2) is 9.77. The highest BCUT2D eigenvalue weighted by molar-refractivity contribution is 7.99. The molecule has 2 aromatic heterocycles. The van der Waals surface area contributed by atoms with Gasteiger partial charge in [0, 0.05) is 6.54 Å². The number of para-hydroxylation sites is 1. The number of carbonyl (C=O) groups excluding carboxylic acids is 2. The van der Waals surface area contributed by atoms with Gasteiger partial charge in [0.2, 0.25) is 5.91 Å². The van der Waals surface area contributed by atoms with Gasteiger partial charge in [0.1, 0.15) is 0 Å². The molecule has 0 aliphatic heterocycles. The summed E-state index contributed by atoms with van der Waals surface area (Å²) in [5.41, 5.74) is 1.80. The average molecular weight is 434 g/mol. The smallest absolute Gasteiger partial charge is 0.284 e. The van der Waals surface area contributed by atoms with E-state index in [1.54, 1.807) is 36.4 Å². The molecule has 0 radical (unpaired) electrons. The molecule has 0 atom stereocenters. The van der Waals surface area contributed by atoms with E-state index in [2.05, 4.69) is 20.8 Å². The number of thioether (sulfide) groups is 1. The number of anilines is 1. The summed E-state index contributed by atoms with van der Waals surface area (Å²) in [4.78, 5) is 25.0. The topological polar surface area (TPSA) is 110 Å². The number of rotatable bonds is 8. The van der Waals surface area contributed by atoms with Gasteiger partial charge in [0.15, 0.2) is 5.76 Å². The standard InChI is InChI=1S/C22H18N4O4S/c27-19(14-31-22-26-25-21(30-22)18-11-6-12-29-18)24-17-10-5-4-9-16(17)20(28)23-13-15-7-2-1-3-8-15/h1-12H,13-14H2,(H,23,28)(H,24,27). The van der Waals surface area contributed by atoms with Gasteiger partial charge in [0.05, 0.1) is 23.3 Å². The Bertz CT molecular complexity index is 1160. The molecule has 0 unspecified atom stereocenters. The van der Waals surface area contributed by atoms with Crippen molar-refractivity contribution in [3.8, 4) is 11.7 Å². The van der Waals surface area contributed by atoms with E-state index in [-0.39, 0.29) is 28.7 Å². The normalized spacial score (nSPS) is 10.6. The molecule has 8 nitrogen and oxygen atoms in total. The zero-order valence-corrected chi connectivity index (χ0v) is 17.1. The Hall–Kier alpha value is -3.85. The van der Waals surface area contributed by atoms with Gasteiger partial charge in [-0.15, -0.1) is 10.2 Å². The van der Waals surface area contributed by atoms with Gasteiger partial charge < -0.3 is 19.5 Å². The Morgan fingerprint density at radius 2 is 1.74 bits per heavy atom. The van der Waals surface area contributed by atoms with Crippen LogP contribution in [0.3, 0.4) is 0 Å². The lowest BCUT2D eigenvalue weighted by atomic mass is 10.1. The van der Waals surface area contributed by atoms with E-state index in [1.807, 2.05) is 30.3 Å². The lowest BCUT2D eigenvalue weighted by Crippen LogP contribution is -2.25. The minimum Gasteiger partial charge on any atom is -0.459 e. The van der Waals surface area contributed by atoms with Crippen molar-refractivity contribution in [1.29, 1.82) is 0 Å². The quantitative estimate of drug-likeness (QED) is 0.404. The van der Waals surface area contributed by atoms with Gasteiger partial charge in [-0.2, -0.15) is 0 Å². The summed E-state index contributed by atoms with van der Waals surface area (Å²) in [6.45, 7) is 0.396. The molecule has 2 heterocycles. The van der Waals surface area contributed by atoms with Gasteiger partial charge in [-0.25, -0.2) is 0 Å². The molecular formula is C22H18N4O4S. The number of hydrogen-bond acceptors (Lipinski definition) is 7. The molecule has 0 spiro atoms. The number of amides is 2. The Labute approximate surface area is 182 Å². The minimum absolute atomic E-state index is 0.0414. The molecule has 0 saturated heterocycles. The largest absolute Gasteiger partial charge is 0.459 e. The van der Waals surface area contributed by atoms with E-state index in [9.17, 15) is 9.59 Å². The summed E-state index contributed by atoms with van der Waals surface area (Å²) < 4.78 is 10.7. The number of nitrogens with one attached hydrogen (secondary N) is 2. The van der Waals surface area contributed by atoms with Crippen LogP contribution in [0.4, 0.5) is 5.69 Å². The molecule has 2 amide bonds. The number of nitrogens with zero attached hydrogens (tertiary/aromatic N) is 2. The average Bonchev–Trinajstić information content (AvgIpc) is 3.49. The molecule has 4 aromatic rings. The first-order valence-electron chi connectivity index (χ1n) is 9.40. The molecule has 4 rings (SSSR count). The predicted molar refractivity (Wildman–Crippen MR) is 115 cm³/mol. The van der Waals surface area contributed by atoms with Crippen LogP contribution in [0.15, 0.2) is 87.1 Å². The first kappa shape index (κ1) is 20.4. The second-order valence-corrected chi connectivity index (χ2v) is 7.33. The van der Waals surface area contributed by atoms with Gasteiger partial charge in [0.25, 0.3) is 17.0 Å². The van der Waals surface area contributed by atoms with Crippen LogP contribution in [0.25, 0.3) is 11.7 Å². The zero-order valence-electron chi connectivity index (χ0n) is 16.3. The van der Waals surface area contributed by atoms with Gasteiger partial charge in [-0.05, 0) is 29.8 Å². The van der Waals surface area contributed by atoms with Crippen molar-refractivity contribution in [3.63, 3.8) is 0 Å². The minimum atomic E-state index is -0.300. The fourth-order valence-corrected chi connectivity index (χ4v) is 3.31. The summed E-state index contributed by atoms with van der Waals surface area (Å²) in [7, 11) is 0. The van der Waals surface area contributed by atoms with Gasteiger partial charge in [-0.3, -0.25) is 9.59 Å². The van der Waals surface area contributed by atoms with E-state index in [4.69, 9.17) is 8.83 Å². The molecule has 2 aromatic carbocycles. The van der Waals surface area contributed by atoms with Gasteiger partial charge >= 0.3 is 0 Å². The number of hydrogen-bond donors (Lipinski definition) is 2. The summed E-state index contributed by atoms with van der Waals surface area (Å²) >= 11 is 1.09. The molecule has 0 bridgehead atoms. The predicted octanol–water partition coefficient (Wildman–Crippen LogP) is 3.99. The third-order valence-electron chi connectivity index (χ3n) is 4.21. The number of carbonyl (C=O) groups is 2. The molecule has 31 heavy (non-hydrogen) atoms. The molecule has 2 N–H and O–H groups in total. The number of aromatic nitrogens is 2. The fourth-order valence-electron chi connectivity index (χ4n) is 2.75. The Kier molecular flexibility index (Phi) is 6.44. The van der Waals surface area contributed by atoms with E-state index in [0.717, 1.165) is 17.3 Å². The van der Waals surface area contributed by atoms with E-state index >= 15 is 0 Å². The van der Waals surface area contributed by atoms with Gasteiger partial charge in [-0.1, -0.05) is 54.2 Å². The molecule has 0 fully saturated rings. The number of furan rings is 1. The highest BCUT2D eigenvalue weighted by Gasteiger charge is 2.15. The zero-order chi connectivity index (χ0) is 21.5. The summed E-state index contributed by atoms with van der Waals surface area (Å²) in [6, 6.07) is 19.9. The van der Waals surface area contributed by atoms with Crippen LogP contribution in [0.1, 0.15) is 15.9 Å². The van der Waals surface area contributed by atoms with Crippen LogP contribution in [-0.2, 0) is 11.3 Å². The Morgan fingerprint density at radius 1 is 0.935 bits per heavy atom. The maximum Gasteiger partial charge on any atom is 0.284 e. The van der Waals surface area contributed by atoms with Crippen molar-refractivity contribution < 1.29 is 18.4 Å². The summed E-state index contributed by atoms with van der Waals surface area (Å²) in [5, 5.41) is 13.7.